The van der Waals surface area contributed by atoms with Crippen molar-refractivity contribution in [2.75, 3.05) is 0 Å². The molecular weight excluding hydrogens is 210 g/mol. The zero-order chi connectivity index (χ0) is 13.1. The van der Waals surface area contributed by atoms with Gasteiger partial charge in [0.15, 0.2) is 5.78 Å². The van der Waals surface area contributed by atoms with Crippen LogP contribution in [0.1, 0.15) is 43.1 Å². The number of Topliss-reactive ketones (excluding diaryl/α,β-unsaturated/α-hetero) is 1. The molecule has 0 aliphatic rings. The van der Waals surface area contributed by atoms with E-state index in [0.29, 0.717) is 12.0 Å². The molecule has 0 radical (unpaired) electrons. The van der Waals surface area contributed by atoms with Crippen molar-refractivity contribution in [3.05, 3.63) is 48.0 Å². The molecule has 1 aromatic carbocycles. The third-order valence-corrected chi connectivity index (χ3v) is 2.79. The lowest BCUT2D eigenvalue weighted by Crippen LogP contribution is -2.29. The van der Waals surface area contributed by atoms with Crippen LogP contribution in [-0.4, -0.2) is 11.8 Å². The number of rotatable bonds is 4. The number of benzene rings is 1. The van der Waals surface area contributed by atoms with Crippen molar-refractivity contribution in [2.24, 2.45) is 5.73 Å². The predicted octanol–water partition coefficient (Wildman–Crippen LogP) is 3.07. The Labute approximate surface area is 104 Å². The lowest BCUT2D eigenvalue weighted by Gasteiger charge is -2.19. The van der Waals surface area contributed by atoms with Crippen molar-refractivity contribution >= 4 is 5.78 Å². The molecule has 0 aromatic heterocycles. The van der Waals surface area contributed by atoms with Crippen molar-refractivity contribution in [1.29, 1.82) is 0 Å². The number of carbonyl (C=O) groups is 1. The van der Waals surface area contributed by atoms with E-state index in [1.165, 1.54) is 5.56 Å². The molecule has 0 bridgehead atoms. The zero-order valence-electron chi connectivity index (χ0n) is 10.9. The molecule has 0 heterocycles. The van der Waals surface area contributed by atoms with Crippen LogP contribution >= 0.6 is 0 Å². The molecule has 0 aliphatic heterocycles. The summed E-state index contributed by atoms with van der Waals surface area (Å²) in [5.41, 5.74) is 7.75. The van der Waals surface area contributed by atoms with Crippen LogP contribution in [0.5, 0.6) is 0 Å². The minimum Gasteiger partial charge on any atom is -0.321 e. The number of carbonyl (C=O) groups excluding carboxylic acids is 1. The lowest BCUT2D eigenvalue weighted by molar-refractivity contribution is 0.0962. The quantitative estimate of drug-likeness (QED) is 0.639. The fourth-order valence-corrected chi connectivity index (χ4v) is 1.64. The van der Waals surface area contributed by atoms with Gasteiger partial charge in [-0.15, -0.1) is 6.58 Å². The van der Waals surface area contributed by atoms with Gasteiger partial charge >= 0.3 is 0 Å². The van der Waals surface area contributed by atoms with Gasteiger partial charge in [-0.2, -0.15) is 0 Å². The zero-order valence-corrected chi connectivity index (χ0v) is 10.9. The average Bonchev–Trinajstić information content (AvgIpc) is 2.27. The SMILES string of the molecule is C=CCC(N)C(=O)c1ccc(C(C)(C)C)cc1. The largest absolute Gasteiger partial charge is 0.321 e. The van der Waals surface area contributed by atoms with E-state index in [9.17, 15) is 4.79 Å². The van der Waals surface area contributed by atoms with Gasteiger partial charge in [0.05, 0.1) is 6.04 Å². The molecular formula is C15H21NO. The fourth-order valence-electron chi connectivity index (χ4n) is 1.64. The molecule has 2 heteroatoms. The van der Waals surface area contributed by atoms with Crippen molar-refractivity contribution < 1.29 is 4.79 Å². The van der Waals surface area contributed by atoms with Crippen molar-refractivity contribution in [3.63, 3.8) is 0 Å². The summed E-state index contributed by atoms with van der Waals surface area (Å²) in [5, 5.41) is 0. The van der Waals surface area contributed by atoms with Gasteiger partial charge < -0.3 is 5.73 Å². The first kappa shape index (κ1) is 13.7. The predicted molar refractivity (Wildman–Crippen MR) is 72.3 cm³/mol. The number of hydrogen-bond donors (Lipinski definition) is 1. The molecule has 1 unspecified atom stereocenters. The van der Waals surface area contributed by atoms with E-state index < -0.39 is 6.04 Å². The Morgan fingerprint density at radius 2 is 1.88 bits per heavy atom. The van der Waals surface area contributed by atoms with E-state index in [1.807, 2.05) is 24.3 Å². The standard InChI is InChI=1S/C15H21NO/c1-5-6-13(16)14(17)11-7-9-12(10-8-11)15(2,3)4/h5,7-10,13H,1,6,16H2,2-4H3. The average molecular weight is 231 g/mol. The van der Waals surface area contributed by atoms with Crippen LogP contribution in [0, 0.1) is 0 Å². The van der Waals surface area contributed by atoms with Crippen molar-refractivity contribution in [1.82, 2.24) is 0 Å². The van der Waals surface area contributed by atoms with Gasteiger partial charge in [0.1, 0.15) is 0 Å². The van der Waals surface area contributed by atoms with E-state index in [0.717, 1.165) is 0 Å². The van der Waals surface area contributed by atoms with Gasteiger partial charge in [-0.25, -0.2) is 0 Å². The topological polar surface area (TPSA) is 43.1 Å². The highest BCUT2D eigenvalue weighted by atomic mass is 16.1. The number of nitrogens with two attached hydrogens (primary N) is 1. The Morgan fingerprint density at radius 1 is 1.35 bits per heavy atom. The van der Waals surface area contributed by atoms with Gasteiger partial charge in [0.2, 0.25) is 0 Å². The summed E-state index contributed by atoms with van der Waals surface area (Å²) < 4.78 is 0. The fraction of sp³-hybridized carbons (Fsp3) is 0.400. The van der Waals surface area contributed by atoms with Gasteiger partial charge in [-0.1, -0.05) is 51.1 Å². The van der Waals surface area contributed by atoms with E-state index in [4.69, 9.17) is 5.73 Å². The highest BCUT2D eigenvalue weighted by Gasteiger charge is 2.17. The van der Waals surface area contributed by atoms with E-state index >= 15 is 0 Å². The van der Waals surface area contributed by atoms with Gasteiger partial charge in [0, 0.05) is 5.56 Å². The first-order chi connectivity index (χ1) is 7.86. The van der Waals surface area contributed by atoms with Crippen LogP contribution in [-0.2, 0) is 5.41 Å². The molecule has 17 heavy (non-hydrogen) atoms. The first-order valence-electron chi connectivity index (χ1n) is 5.87. The maximum absolute atomic E-state index is 11.9. The molecule has 0 amide bonds. The minimum atomic E-state index is -0.479. The highest BCUT2D eigenvalue weighted by molar-refractivity contribution is 6.00. The van der Waals surface area contributed by atoms with Crippen LogP contribution in [0.25, 0.3) is 0 Å². The van der Waals surface area contributed by atoms with E-state index in [-0.39, 0.29) is 11.2 Å². The molecule has 0 saturated heterocycles. The smallest absolute Gasteiger partial charge is 0.179 e. The Kier molecular flexibility index (Phi) is 4.24. The molecule has 2 nitrogen and oxygen atoms in total. The van der Waals surface area contributed by atoms with E-state index in [2.05, 4.69) is 27.4 Å². The highest BCUT2D eigenvalue weighted by Crippen LogP contribution is 2.22. The summed E-state index contributed by atoms with van der Waals surface area (Å²) in [6.45, 7) is 10.0. The molecule has 1 atom stereocenters. The van der Waals surface area contributed by atoms with Crippen LogP contribution in [0.15, 0.2) is 36.9 Å². The first-order valence-corrected chi connectivity index (χ1v) is 5.87. The molecule has 0 fully saturated rings. The monoisotopic (exact) mass is 231 g/mol. The van der Waals surface area contributed by atoms with Crippen LogP contribution in [0.4, 0.5) is 0 Å². The van der Waals surface area contributed by atoms with Gasteiger partial charge in [-0.05, 0) is 17.4 Å². The Bertz CT molecular complexity index is 398. The summed E-state index contributed by atoms with van der Waals surface area (Å²) in [5.74, 6) is -0.0228. The number of ketones is 1. The maximum atomic E-state index is 11.9. The summed E-state index contributed by atoms with van der Waals surface area (Å²) >= 11 is 0. The third kappa shape index (κ3) is 3.53. The second kappa shape index (κ2) is 5.28. The second-order valence-corrected chi connectivity index (χ2v) is 5.32. The van der Waals surface area contributed by atoms with Crippen LogP contribution in [0.3, 0.4) is 0 Å². The Balaban J connectivity index is 2.88. The Hall–Kier alpha value is -1.41. The molecule has 1 aromatic rings. The molecule has 1 rings (SSSR count). The second-order valence-electron chi connectivity index (χ2n) is 5.32. The summed E-state index contributed by atoms with van der Waals surface area (Å²) in [7, 11) is 0. The molecule has 2 N–H and O–H groups in total. The van der Waals surface area contributed by atoms with Crippen molar-refractivity contribution in [3.8, 4) is 0 Å². The molecule has 0 aliphatic carbocycles. The van der Waals surface area contributed by atoms with Crippen LogP contribution < -0.4 is 5.73 Å². The summed E-state index contributed by atoms with van der Waals surface area (Å²) in [6.07, 6.45) is 2.19. The minimum absolute atomic E-state index is 0.0228. The third-order valence-electron chi connectivity index (χ3n) is 2.79. The maximum Gasteiger partial charge on any atom is 0.179 e. The summed E-state index contributed by atoms with van der Waals surface area (Å²) in [4.78, 5) is 11.9. The summed E-state index contributed by atoms with van der Waals surface area (Å²) in [6, 6.07) is 7.22. The number of hydrogen-bond acceptors (Lipinski definition) is 2. The van der Waals surface area contributed by atoms with E-state index in [1.54, 1.807) is 6.08 Å². The van der Waals surface area contributed by atoms with Crippen LogP contribution in [0.2, 0.25) is 0 Å². The molecule has 0 spiro atoms. The van der Waals surface area contributed by atoms with Gasteiger partial charge in [0.25, 0.3) is 0 Å². The lowest BCUT2D eigenvalue weighted by atomic mass is 9.86. The van der Waals surface area contributed by atoms with Crippen molar-refractivity contribution in [2.45, 2.75) is 38.6 Å². The molecule has 0 saturated carbocycles. The normalized spacial score (nSPS) is 13.2. The van der Waals surface area contributed by atoms with Gasteiger partial charge in [-0.3, -0.25) is 4.79 Å². The molecule has 92 valence electrons. The Morgan fingerprint density at radius 3 is 2.29 bits per heavy atom.